The van der Waals surface area contributed by atoms with Crippen molar-refractivity contribution in [1.82, 2.24) is 9.80 Å². The number of hydrogen-bond acceptors (Lipinski definition) is 3. The molecule has 0 aromatic rings. The van der Waals surface area contributed by atoms with Gasteiger partial charge in [-0.2, -0.15) is 0 Å². The van der Waals surface area contributed by atoms with Gasteiger partial charge in [0.25, 0.3) is 0 Å². The van der Waals surface area contributed by atoms with E-state index in [0.717, 1.165) is 37.4 Å². The van der Waals surface area contributed by atoms with E-state index in [1.807, 2.05) is 0 Å². The molecular formula is C23H35N3. The molecule has 3 nitrogen and oxygen atoms in total. The molecule has 2 saturated carbocycles. The van der Waals surface area contributed by atoms with Crippen molar-refractivity contribution in [3.8, 4) is 0 Å². The molecule has 0 amide bonds. The molecule has 5 aliphatic rings. The van der Waals surface area contributed by atoms with Gasteiger partial charge in [-0.25, -0.2) is 0 Å². The summed E-state index contributed by atoms with van der Waals surface area (Å²) >= 11 is 0. The van der Waals surface area contributed by atoms with Crippen LogP contribution in [0.4, 0.5) is 0 Å². The highest BCUT2D eigenvalue weighted by Gasteiger charge is 2.57. The average molecular weight is 354 g/mol. The molecule has 5 atom stereocenters. The van der Waals surface area contributed by atoms with Crippen molar-refractivity contribution in [2.45, 2.75) is 52.4 Å². The minimum atomic E-state index is 0.386. The van der Waals surface area contributed by atoms with Crippen LogP contribution < -0.4 is 0 Å². The fourth-order valence-corrected chi connectivity index (χ4v) is 7.34. The van der Waals surface area contributed by atoms with Crippen LogP contribution >= 0.6 is 0 Å². The Morgan fingerprint density at radius 2 is 1.92 bits per heavy atom. The zero-order valence-electron chi connectivity index (χ0n) is 16.9. The van der Waals surface area contributed by atoms with E-state index in [9.17, 15) is 0 Å². The summed E-state index contributed by atoms with van der Waals surface area (Å²) in [7, 11) is 2.29. The third-order valence-electron chi connectivity index (χ3n) is 8.94. The lowest BCUT2D eigenvalue weighted by Crippen LogP contribution is -2.50. The second-order valence-electron chi connectivity index (χ2n) is 10.1. The first-order valence-corrected chi connectivity index (χ1v) is 10.9. The number of likely N-dealkylation sites (N-methyl/N-ethyl adjacent to an activating group) is 1. The predicted octanol–water partition coefficient (Wildman–Crippen LogP) is 4.33. The summed E-state index contributed by atoms with van der Waals surface area (Å²) in [6.07, 6.45) is 15.5. The Morgan fingerprint density at radius 1 is 1.04 bits per heavy atom. The van der Waals surface area contributed by atoms with E-state index in [2.05, 4.69) is 54.2 Å². The molecule has 2 aliphatic heterocycles. The van der Waals surface area contributed by atoms with Crippen molar-refractivity contribution in [2.75, 3.05) is 33.2 Å². The van der Waals surface area contributed by atoms with Crippen LogP contribution in [0, 0.1) is 28.6 Å². The Bertz CT molecular complexity index is 677. The topological polar surface area (TPSA) is 18.8 Å². The minimum Gasteiger partial charge on any atom is -0.334 e. The monoisotopic (exact) mass is 353 g/mol. The van der Waals surface area contributed by atoms with E-state index < -0.39 is 0 Å². The Balaban J connectivity index is 1.44. The van der Waals surface area contributed by atoms with Crippen LogP contribution in [0.5, 0.6) is 0 Å². The number of nitrogens with zero attached hydrogens (tertiary/aromatic N) is 3. The second-order valence-corrected chi connectivity index (χ2v) is 10.1. The number of fused-ring (bicyclic) bond motifs is 5. The number of rotatable bonds is 1. The van der Waals surface area contributed by atoms with Crippen LogP contribution in [0.3, 0.4) is 0 Å². The maximum atomic E-state index is 4.49. The van der Waals surface area contributed by atoms with Gasteiger partial charge in [-0.15, -0.1) is 0 Å². The Hall–Kier alpha value is -1.09. The minimum absolute atomic E-state index is 0.386. The molecule has 0 unspecified atom stereocenters. The average Bonchev–Trinajstić information content (AvgIpc) is 3.22. The van der Waals surface area contributed by atoms with Crippen molar-refractivity contribution in [1.29, 1.82) is 0 Å². The third kappa shape index (κ3) is 2.32. The summed E-state index contributed by atoms with van der Waals surface area (Å²) in [5.74, 6) is 2.66. The van der Waals surface area contributed by atoms with Crippen LogP contribution in [0.25, 0.3) is 0 Å². The number of allylic oxidation sites excluding steroid dienone is 3. The molecule has 0 bridgehead atoms. The molecule has 0 saturated heterocycles. The lowest BCUT2D eigenvalue weighted by atomic mass is 9.48. The highest BCUT2D eigenvalue weighted by atomic mass is 15.2. The lowest BCUT2D eigenvalue weighted by Gasteiger charge is -2.57. The second kappa shape index (κ2) is 5.95. The van der Waals surface area contributed by atoms with Gasteiger partial charge in [-0.05, 0) is 75.3 Å². The summed E-state index contributed by atoms with van der Waals surface area (Å²) < 4.78 is 0. The third-order valence-corrected chi connectivity index (χ3v) is 8.94. The molecule has 26 heavy (non-hydrogen) atoms. The molecule has 142 valence electrons. The largest absolute Gasteiger partial charge is 0.334 e. The fraction of sp³-hybridized carbons (Fsp3) is 0.783. The van der Waals surface area contributed by atoms with Gasteiger partial charge in [0, 0.05) is 24.2 Å². The molecule has 2 heterocycles. The number of hydrogen-bond donors (Lipinski definition) is 0. The van der Waals surface area contributed by atoms with Crippen LogP contribution in [0.2, 0.25) is 0 Å². The Morgan fingerprint density at radius 3 is 2.73 bits per heavy atom. The van der Waals surface area contributed by atoms with Crippen LogP contribution in [0.15, 0.2) is 28.4 Å². The molecule has 0 radical (unpaired) electrons. The first kappa shape index (κ1) is 17.0. The molecule has 2 fully saturated rings. The molecular weight excluding hydrogens is 318 g/mol. The zero-order chi connectivity index (χ0) is 17.9. The van der Waals surface area contributed by atoms with Crippen molar-refractivity contribution in [3.05, 3.63) is 23.4 Å². The van der Waals surface area contributed by atoms with Gasteiger partial charge in [-0.1, -0.05) is 31.6 Å². The number of aliphatic imine (C=N–C) groups is 1. The van der Waals surface area contributed by atoms with E-state index in [1.54, 1.807) is 11.3 Å². The maximum absolute atomic E-state index is 4.49. The van der Waals surface area contributed by atoms with Gasteiger partial charge in [-0.3, -0.25) is 4.99 Å². The van der Waals surface area contributed by atoms with Gasteiger partial charge in [0.2, 0.25) is 0 Å². The molecule has 5 rings (SSSR count). The quantitative estimate of drug-likeness (QED) is 0.654. The van der Waals surface area contributed by atoms with Gasteiger partial charge >= 0.3 is 0 Å². The molecule has 3 aliphatic carbocycles. The summed E-state index contributed by atoms with van der Waals surface area (Å²) in [5, 5.41) is 0. The van der Waals surface area contributed by atoms with E-state index in [-0.39, 0.29) is 0 Å². The molecule has 0 aromatic heterocycles. The van der Waals surface area contributed by atoms with Gasteiger partial charge < -0.3 is 9.80 Å². The maximum Gasteiger partial charge on any atom is 0.0893 e. The lowest BCUT2D eigenvalue weighted by molar-refractivity contribution is -0.0308. The van der Waals surface area contributed by atoms with E-state index >= 15 is 0 Å². The van der Waals surface area contributed by atoms with Crippen molar-refractivity contribution < 1.29 is 0 Å². The standard InChI is InChI=1S/C23H35N3/c1-22-11-14-25(3)13-9-17(22)4-5-18-19-6-7-21(26-15-12-24-16-26)23(19,2)10-8-20(18)22/h7,9,16,18-20H,4-6,8,10-15H2,1-3H3/t18-,19-,20-,22-,23-/m0/s1. The van der Waals surface area contributed by atoms with E-state index in [4.69, 9.17) is 0 Å². The molecule has 0 N–H and O–H groups in total. The van der Waals surface area contributed by atoms with Crippen LogP contribution in [-0.2, 0) is 0 Å². The normalized spacial score (nSPS) is 45.5. The smallest absolute Gasteiger partial charge is 0.0893 e. The summed E-state index contributed by atoms with van der Waals surface area (Å²) in [6, 6.07) is 0. The van der Waals surface area contributed by atoms with E-state index in [0.29, 0.717) is 10.8 Å². The summed E-state index contributed by atoms with van der Waals surface area (Å²) in [5.41, 5.74) is 4.24. The van der Waals surface area contributed by atoms with Crippen molar-refractivity contribution >= 4 is 6.34 Å². The first-order chi connectivity index (χ1) is 12.5. The van der Waals surface area contributed by atoms with Crippen molar-refractivity contribution in [2.24, 2.45) is 33.6 Å². The predicted molar refractivity (Wildman–Crippen MR) is 108 cm³/mol. The van der Waals surface area contributed by atoms with Gasteiger partial charge in [0.05, 0.1) is 12.9 Å². The van der Waals surface area contributed by atoms with Crippen LogP contribution in [-0.4, -0.2) is 49.4 Å². The highest BCUT2D eigenvalue weighted by Crippen LogP contribution is 2.65. The zero-order valence-corrected chi connectivity index (χ0v) is 16.9. The molecule has 0 aromatic carbocycles. The summed E-state index contributed by atoms with van der Waals surface area (Å²) in [4.78, 5) is 9.47. The van der Waals surface area contributed by atoms with E-state index in [1.165, 1.54) is 45.1 Å². The SMILES string of the molecule is CN1CC=C2CC[C@@H]3[C@H](CC[C@]4(C)C(N5C=NCC5)=CC[C@@H]34)[C@@]2(C)CC1. The van der Waals surface area contributed by atoms with Gasteiger partial charge in [0.1, 0.15) is 0 Å². The molecule has 3 heteroatoms. The fourth-order valence-electron chi connectivity index (χ4n) is 7.34. The summed E-state index contributed by atoms with van der Waals surface area (Å²) in [6.45, 7) is 9.68. The Kier molecular flexibility index (Phi) is 3.90. The molecule has 0 spiro atoms. The highest BCUT2D eigenvalue weighted by molar-refractivity contribution is 5.61. The first-order valence-electron chi connectivity index (χ1n) is 10.9. The van der Waals surface area contributed by atoms with Crippen LogP contribution in [0.1, 0.15) is 52.4 Å². The van der Waals surface area contributed by atoms with Crippen molar-refractivity contribution in [3.63, 3.8) is 0 Å². The Labute approximate surface area is 159 Å². The van der Waals surface area contributed by atoms with Gasteiger partial charge in [0.15, 0.2) is 0 Å².